The molecule has 2 aromatic rings. The van der Waals surface area contributed by atoms with E-state index in [-0.39, 0.29) is 5.69 Å². The summed E-state index contributed by atoms with van der Waals surface area (Å²) in [6, 6.07) is 3.65. The molecule has 0 spiro atoms. The standard InChI is InChI=1S/C10H11N3O2/c1-2-11-7-3-4-9-12-8(10(14)15)6-13(9)5-7/h3-6,11H,2H2,1H3,(H,14,15). The Balaban J connectivity index is 2.47. The van der Waals surface area contributed by atoms with E-state index >= 15 is 0 Å². The van der Waals surface area contributed by atoms with Gasteiger partial charge in [0.05, 0.1) is 5.69 Å². The zero-order valence-electron chi connectivity index (χ0n) is 8.27. The number of carbonyl (C=O) groups is 1. The third-order valence-corrected chi connectivity index (χ3v) is 2.05. The summed E-state index contributed by atoms with van der Waals surface area (Å²) < 4.78 is 1.70. The lowest BCUT2D eigenvalue weighted by Crippen LogP contribution is -1.97. The van der Waals surface area contributed by atoms with Gasteiger partial charge in [0, 0.05) is 18.9 Å². The highest BCUT2D eigenvalue weighted by Crippen LogP contribution is 2.11. The van der Waals surface area contributed by atoms with Gasteiger partial charge in [-0.25, -0.2) is 9.78 Å². The summed E-state index contributed by atoms with van der Waals surface area (Å²) in [6.07, 6.45) is 3.32. The first-order valence-corrected chi connectivity index (χ1v) is 4.66. The minimum Gasteiger partial charge on any atom is -0.476 e. The number of anilines is 1. The average molecular weight is 205 g/mol. The predicted molar refractivity (Wildman–Crippen MR) is 56.3 cm³/mol. The van der Waals surface area contributed by atoms with E-state index in [2.05, 4.69) is 10.3 Å². The van der Waals surface area contributed by atoms with Crippen molar-refractivity contribution < 1.29 is 9.90 Å². The lowest BCUT2D eigenvalue weighted by atomic mass is 10.4. The molecule has 0 aliphatic carbocycles. The van der Waals surface area contributed by atoms with Crippen LogP contribution in [0.25, 0.3) is 5.65 Å². The lowest BCUT2D eigenvalue weighted by molar-refractivity contribution is 0.0691. The van der Waals surface area contributed by atoms with Crippen LogP contribution in [0.3, 0.4) is 0 Å². The van der Waals surface area contributed by atoms with Crippen molar-refractivity contribution in [3.63, 3.8) is 0 Å². The Hall–Kier alpha value is -2.04. The van der Waals surface area contributed by atoms with Gasteiger partial charge in [0.1, 0.15) is 5.65 Å². The van der Waals surface area contributed by atoms with Crippen LogP contribution in [0.5, 0.6) is 0 Å². The molecule has 0 saturated carbocycles. The second kappa shape index (κ2) is 3.61. The monoisotopic (exact) mass is 205 g/mol. The Kier molecular flexibility index (Phi) is 2.29. The fraction of sp³-hybridized carbons (Fsp3) is 0.200. The number of imidazole rings is 1. The van der Waals surface area contributed by atoms with Crippen molar-refractivity contribution in [1.29, 1.82) is 0 Å². The number of aromatic nitrogens is 2. The molecule has 78 valence electrons. The molecule has 5 nitrogen and oxygen atoms in total. The molecule has 2 heterocycles. The maximum absolute atomic E-state index is 10.7. The number of hydrogen-bond acceptors (Lipinski definition) is 3. The Morgan fingerprint density at radius 3 is 3.00 bits per heavy atom. The number of nitrogens with zero attached hydrogens (tertiary/aromatic N) is 2. The summed E-state index contributed by atoms with van der Waals surface area (Å²) >= 11 is 0. The Labute approximate surface area is 86.4 Å². The van der Waals surface area contributed by atoms with E-state index in [1.165, 1.54) is 6.20 Å². The van der Waals surface area contributed by atoms with E-state index in [1.807, 2.05) is 19.2 Å². The van der Waals surface area contributed by atoms with Crippen LogP contribution < -0.4 is 5.32 Å². The van der Waals surface area contributed by atoms with Crippen LogP contribution >= 0.6 is 0 Å². The molecule has 0 unspecified atom stereocenters. The van der Waals surface area contributed by atoms with E-state index in [9.17, 15) is 4.79 Å². The predicted octanol–water partition coefficient (Wildman–Crippen LogP) is 1.46. The average Bonchev–Trinajstić information content (AvgIpc) is 2.61. The van der Waals surface area contributed by atoms with E-state index in [4.69, 9.17) is 5.11 Å². The summed E-state index contributed by atoms with van der Waals surface area (Å²) in [7, 11) is 0. The van der Waals surface area contributed by atoms with Gasteiger partial charge in [-0.1, -0.05) is 0 Å². The van der Waals surface area contributed by atoms with Crippen molar-refractivity contribution in [3.05, 3.63) is 30.2 Å². The largest absolute Gasteiger partial charge is 0.476 e. The molecule has 2 rings (SSSR count). The first-order chi connectivity index (χ1) is 7.20. The molecule has 0 amide bonds. The van der Waals surface area contributed by atoms with Gasteiger partial charge in [-0.2, -0.15) is 0 Å². The number of pyridine rings is 1. The highest BCUT2D eigenvalue weighted by molar-refractivity contribution is 5.86. The number of carboxylic acids is 1. The number of nitrogens with one attached hydrogen (secondary N) is 1. The Morgan fingerprint density at radius 2 is 2.33 bits per heavy atom. The first kappa shape index (κ1) is 9.51. The van der Waals surface area contributed by atoms with Crippen molar-refractivity contribution in [1.82, 2.24) is 9.38 Å². The summed E-state index contributed by atoms with van der Waals surface area (Å²) in [5.74, 6) is -1.01. The van der Waals surface area contributed by atoms with Crippen molar-refractivity contribution in [2.45, 2.75) is 6.92 Å². The third kappa shape index (κ3) is 1.76. The van der Waals surface area contributed by atoms with Gasteiger partial charge >= 0.3 is 5.97 Å². The highest BCUT2D eigenvalue weighted by atomic mass is 16.4. The fourth-order valence-electron chi connectivity index (χ4n) is 1.40. The Morgan fingerprint density at radius 1 is 1.53 bits per heavy atom. The van der Waals surface area contributed by atoms with Gasteiger partial charge < -0.3 is 14.8 Å². The van der Waals surface area contributed by atoms with E-state index in [0.717, 1.165) is 12.2 Å². The first-order valence-electron chi connectivity index (χ1n) is 4.66. The van der Waals surface area contributed by atoms with Gasteiger partial charge in [0.2, 0.25) is 0 Å². The normalized spacial score (nSPS) is 10.5. The van der Waals surface area contributed by atoms with Crippen LogP contribution in [0.4, 0.5) is 5.69 Å². The zero-order chi connectivity index (χ0) is 10.8. The van der Waals surface area contributed by atoms with Gasteiger partial charge in [-0.15, -0.1) is 0 Å². The third-order valence-electron chi connectivity index (χ3n) is 2.05. The van der Waals surface area contributed by atoms with E-state index < -0.39 is 5.97 Å². The number of hydrogen-bond donors (Lipinski definition) is 2. The second-order valence-corrected chi connectivity index (χ2v) is 3.14. The van der Waals surface area contributed by atoms with Crippen LogP contribution in [-0.4, -0.2) is 27.0 Å². The molecule has 0 aliphatic heterocycles. The lowest BCUT2D eigenvalue weighted by Gasteiger charge is -2.02. The van der Waals surface area contributed by atoms with Crippen LogP contribution in [0, 0.1) is 0 Å². The topological polar surface area (TPSA) is 66.6 Å². The summed E-state index contributed by atoms with van der Waals surface area (Å²) in [4.78, 5) is 14.6. The number of carboxylic acid groups (broad SMARTS) is 1. The van der Waals surface area contributed by atoms with Crippen molar-refractivity contribution in [2.75, 3.05) is 11.9 Å². The molecule has 0 saturated heterocycles. The molecule has 0 fully saturated rings. The molecule has 0 bridgehead atoms. The van der Waals surface area contributed by atoms with Crippen molar-refractivity contribution >= 4 is 17.3 Å². The quantitative estimate of drug-likeness (QED) is 0.796. The number of fused-ring (bicyclic) bond motifs is 1. The van der Waals surface area contributed by atoms with E-state index in [1.54, 1.807) is 10.5 Å². The summed E-state index contributed by atoms with van der Waals surface area (Å²) in [5.41, 5.74) is 1.64. The summed E-state index contributed by atoms with van der Waals surface area (Å²) in [6.45, 7) is 2.83. The van der Waals surface area contributed by atoms with E-state index in [0.29, 0.717) is 5.65 Å². The van der Waals surface area contributed by atoms with Crippen molar-refractivity contribution in [3.8, 4) is 0 Å². The Bertz CT molecular complexity index is 504. The maximum Gasteiger partial charge on any atom is 0.356 e. The van der Waals surface area contributed by atoms with Gasteiger partial charge in [0.25, 0.3) is 0 Å². The van der Waals surface area contributed by atoms with Gasteiger partial charge in [-0.3, -0.25) is 0 Å². The molecule has 2 N–H and O–H groups in total. The van der Waals surface area contributed by atoms with Crippen LogP contribution in [0.1, 0.15) is 17.4 Å². The number of rotatable bonds is 3. The molecule has 5 heteroatoms. The summed E-state index contributed by atoms with van der Waals surface area (Å²) in [5, 5.41) is 11.9. The van der Waals surface area contributed by atoms with Crippen molar-refractivity contribution in [2.24, 2.45) is 0 Å². The minimum absolute atomic E-state index is 0.0589. The molecule has 0 aromatic carbocycles. The van der Waals surface area contributed by atoms with Gasteiger partial charge in [-0.05, 0) is 19.1 Å². The molecule has 0 aliphatic rings. The van der Waals surface area contributed by atoms with Crippen LogP contribution in [-0.2, 0) is 0 Å². The molecule has 0 radical (unpaired) electrons. The maximum atomic E-state index is 10.7. The zero-order valence-corrected chi connectivity index (χ0v) is 8.27. The molecule has 2 aromatic heterocycles. The fourth-order valence-corrected chi connectivity index (χ4v) is 1.40. The smallest absolute Gasteiger partial charge is 0.356 e. The molecular weight excluding hydrogens is 194 g/mol. The molecular formula is C10H11N3O2. The molecule has 0 atom stereocenters. The van der Waals surface area contributed by atoms with Crippen LogP contribution in [0.2, 0.25) is 0 Å². The minimum atomic E-state index is -1.01. The SMILES string of the molecule is CCNc1ccc2nc(C(=O)O)cn2c1. The number of aromatic carboxylic acids is 1. The van der Waals surface area contributed by atoms with Crippen LogP contribution in [0.15, 0.2) is 24.5 Å². The van der Waals surface area contributed by atoms with Gasteiger partial charge in [0.15, 0.2) is 5.69 Å². The second-order valence-electron chi connectivity index (χ2n) is 3.14. The molecule has 15 heavy (non-hydrogen) atoms. The highest BCUT2D eigenvalue weighted by Gasteiger charge is 2.08.